The molecule has 5 rings (SSSR count). The van der Waals surface area contributed by atoms with E-state index in [9.17, 15) is 9.59 Å². The van der Waals surface area contributed by atoms with Crippen molar-refractivity contribution >= 4 is 41.4 Å². The van der Waals surface area contributed by atoms with Crippen LogP contribution in [0.3, 0.4) is 0 Å². The van der Waals surface area contributed by atoms with Crippen LogP contribution in [0.4, 0.5) is 23.3 Å². The molecule has 1 aromatic heterocycles. The second-order valence-electron chi connectivity index (χ2n) is 7.25. The molecule has 142 valence electrons. The molecule has 0 unspecified atom stereocenters. The number of piperidine rings is 1. The lowest BCUT2D eigenvalue weighted by Gasteiger charge is -2.30. The summed E-state index contributed by atoms with van der Waals surface area (Å²) >= 11 is 0. The van der Waals surface area contributed by atoms with E-state index in [1.807, 2.05) is 30.3 Å². The van der Waals surface area contributed by atoms with Crippen LogP contribution in [-0.2, 0) is 9.59 Å². The van der Waals surface area contributed by atoms with Crippen molar-refractivity contribution in [3.05, 3.63) is 35.9 Å². The molecular weight excluding hydrogens is 356 g/mol. The molecule has 0 bridgehead atoms. The van der Waals surface area contributed by atoms with Crippen LogP contribution in [0, 0.1) is 0 Å². The average Bonchev–Trinajstić information content (AvgIpc) is 2.87. The van der Waals surface area contributed by atoms with Gasteiger partial charge < -0.3 is 10.2 Å². The molecule has 2 aromatic rings. The molecule has 4 heterocycles. The molecule has 0 spiro atoms. The summed E-state index contributed by atoms with van der Waals surface area (Å²) in [6.07, 6.45) is 4.95. The van der Waals surface area contributed by atoms with Gasteiger partial charge >= 0.3 is 0 Å². The number of hydrogen-bond donors (Lipinski definition) is 1. The summed E-state index contributed by atoms with van der Waals surface area (Å²) in [7, 11) is 0. The smallest absolute Gasteiger partial charge is 0.240 e. The predicted octanol–water partition coefficient (Wildman–Crippen LogP) is 2.60. The third-order valence-electron chi connectivity index (χ3n) is 5.41. The Labute approximate surface area is 162 Å². The normalized spacial score (nSPS) is 21.2. The van der Waals surface area contributed by atoms with Crippen LogP contribution in [0.25, 0.3) is 0 Å². The number of carbonyl (C=O) groups is 2. The molecule has 8 heteroatoms. The van der Waals surface area contributed by atoms with Crippen molar-refractivity contribution in [1.82, 2.24) is 9.97 Å². The van der Waals surface area contributed by atoms with Crippen LogP contribution < -0.4 is 15.1 Å². The first-order chi connectivity index (χ1) is 13.7. The van der Waals surface area contributed by atoms with Gasteiger partial charge in [-0.15, -0.1) is 0 Å². The molecule has 3 aliphatic heterocycles. The van der Waals surface area contributed by atoms with Gasteiger partial charge in [-0.1, -0.05) is 18.2 Å². The van der Waals surface area contributed by atoms with Gasteiger partial charge in [-0.05, 0) is 31.4 Å². The van der Waals surface area contributed by atoms with Gasteiger partial charge in [0.15, 0.2) is 5.82 Å². The van der Waals surface area contributed by atoms with Crippen molar-refractivity contribution in [3.8, 4) is 0 Å². The quantitative estimate of drug-likeness (QED) is 0.870. The Hall–Kier alpha value is -3.29. The highest BCUT2D eigenvalue weighted by molar-refractivity contribution is 6.16. The minimum atomic E-state index is -0.642. The summed E-state index contributed by atoms with van der Waals surface area (Å²) in [5.41, 5.74) is 1.32. The number of rotatable bonds is 2. The SMILES string of the molecule is O=C1C[C@H]2C(=O)N(c3ccccc3)C=Nc3nc(N4CCCCC4)nc(c32)N1. The lowest BCUT2D eigenvalue weighted by molar-refractivity contribution is -0.123. The van der Waals surface area contributed by atoms with Crippen molar-refractivity contribution < 1.29 is 9.59 Å². The molecule has 1 atom stereocenters. The van der Waals surface area contributed by atoms with Crippen LogP contribution in [0.1, 0.15) is 37.2 Å². The number of benzene rings is 1. The number of hydrogen-bond acceptors (Lipinski definition) is 6. The zero-order valence-electron chi connectivity index (χ0n) is 15.3. The zero-order valence-corrected chi connectivity index (χ0v) is 15.3. The third-order valence-corrected chi connectivity index (χ3v) is 5.41. The number of amides is 2. The van der Waals surface area contributed by atoms with Gasteiger partial charge in [0, 0.05) is 25.2 Å². The zero-order chi connectivity index (χ0) is 19.1. The molecule has 1 N–H and O–H groups in total. The number of carbonyl (C=O) groups excluding carboxylic acids is 2. The fourth-order valence-electron chi connectivity index (χ4n) is 4.00. The summed E-state index contributed by atoms with van der Waals surface area (Å²) in [5.74, 6) is 0.382. The topological polar surface area (TPSA) is 90.8 Å². The molecule has 28 heavy (non-hydrogen) atoms. The maximum absolute atomic E-state index is 13.2. The number of nitrogens with one attached hydrogen (secondary N) is 1. The van der Waals surface area contributed by atoms with Gasteiger partial charge in [0.2, 0.25) is 17.8 Å². The fraction of sp³-hybridized carbons (Fsp3) is 0.350. The van der Waals surface area contributed by atoms with E-state index in [0.29, 0.717) is 28.8 Å². The van der Waals surface area contributed by atoms with Crippen LogP contribution >= 0.6 is 0 Å². The molecule has 1 fully saturated rings. The Bertz CT molecular complexity index is 968. The highest BCUT2D eigenvalue weighted by atomic mass is 16.2. The van der Waals surface area contributed by atoms with E-state index in [1.165, 1.54) is 17.7 Å². The Balaban J connectivity index is 1.62. The van der Waals surface area contributed by atoms with E-state index in [1.54, 1.807) is 0 Å². The fourth-order valence-corrected chi connectivity index (χ4v) is 4.00. The lowest BCUT2D eigenvalue weighted by Crippen LogP contribution is -2.37. The summed E-state index contributed by atoms with van der Waals surface area (Å²) in [6, 6.07) is 9.30. The highest BCUT2D eigenvalue weighted by Gasteiger charge is 2.39. The van der Waals surface area contributed by atoms with Crippen LogP contribution in [0.15, 0.2) is 35.3 Å². The molecule has 1 saturated heterocycles. The first-order valence-electron chi connectivity index (χ1n) is 9.60. The Morgan fingerprint density at radius 3 is 2.57 bits per heavy atom. The van der Waals surface area contributed by atoms with Crippen molar-refractivity contribution in [1.29, 1.82) is 0 Å². The highest BCUT2D eigenvalue weighted by Crippen LogP contribution is 2.41. The van der Waals surface area contributed by atoms with Gasteiger partial charge in [0.05, 0.1) is 11.5 Å². The number of aliphatic imine (C=N–C) groups is 1. The van der Waals surface area contributed by atoms with Crippen molar-refractivity contribution in [3.63, 3.8) is 0 Å². The van der Waals surface area contributed by atoms with E-state index in [4.69, 9.17) is 0 Å². The minimum absolute atomic E-state index is 0.0674. The summed E-state index contributed by atoms with van der Waals surface area (Å²) < 4.78 is 0. The van der Waals surface area contributed by atoms with E-state index < -0.39 is 5.92 Å². The molecule has 0 aliphatic carbocycles. The minimum Gasteiger partial charge on any atom is -0.341 e. The van der Waals surface area contributed by atoms with E-state index in [2.05, 4.69) is 25.2 Å². The van der Waals surface area contributed by atoms with Gasteiger partial charge in [-0.25, -0.2) is 4.99 Å². The second kappa shape index (κ2) is 6.70. The van der Waals surface area contributed by atoms with Crippen LogP contribution in [0.5, 0.6) is 0 Å². The summed E-state index contributed by atoms with van der Waals surface area (Å²) in [4.78, 5) is 43.0. The van der Waals surface area contributed by atoms with Crippen molar-refractivity contribution in [2.75, 3.05) is 28.2 Å². The van der Waals surface area contributed by atoms with Crippen LogP contribution in [0.2, 0.25) is 0 Å². The number of anilines is 3. The monoisotopic (exact) mass is 376 g/mol. The maximum Gasteiger partial charge on any atom is 0.240 e. The van der Waals surface area contributed by atoms with Gasteiger partial charge in [0.1, 0.15) is 12.2 Å². The second-order valence-corrected chi connectivity index (χ2v) is 7.25. The van der Waals surface area contributed by atoms with E-state index in [-0.39, 0.29) is 18.2 Å². The molecular formula is C20H20N6O2. The van der Waals surface area contributed by atoms with Gasteiger partial charge in [-0.3, -0.25) is 14.5 Å². The number of nitrogens with zero attached hydrogens (tertiary/aromatic N) is 5. The molecule has 1 aromatic carbocycles. The Morgan fingerprint density at radius 2 is 1.79 bits per heavy atom. The molecule has 3 aliphatic rings. The van der Waals surface area contributed by atoms with Crippen molar-refractivity contribution in [2.45, 2.75) is 31.6 Å². The largest absolute Gasteiger partial charge is 0.341 e. The first-order valence-corrected chi connectivity index (χ1v) is 9.60. The van der Waals surface area contributed by atoms with E-state index >= 15 is 0 Å². The Kier molecular flexibility index (Phi) is 4.03. The molecule has 2 amide bonds. The lowest BCUT2D eigenvalue weighted by atomic mass is 9.91. The van der Waals surface area contributed by atoms with Gasteiger partial charge in [-0.2, -0.15) is 9.97 Å². The Morgan fingerprint density at radius 1 is 1.00 bits per heavy atom. The predicted molar refractivity (Wildman–Crippen MR) is 106 cm³/mol. The third kappa shape index (κ3) is 2.81. The molecule has 8 nitrogen and oxygen atoms in total. The standard InChI is InChI=1S/C20H20N6O2/c27-15-11-14-16-17(21-12-26(19(14)28)13-7-3-1-4-8-13)23-20(24-18(16)22-15)25-9-5-2-6-10-25/h1,3-4,7-8,12,14H,2,5-6,9-11H2,(H,22,23,24,27)/t14-/m1/s1. The van der Waals surface area contributed by atoms with Crippen molar-refractivity contribution in [2.24, 2.45) is 4.99 Å². The summed E-state index contributed by atoms with van der Waals surface area (Å²) in [6.45, 7) is 1.77. The van der Waals surface area contributed by atoms with Crippen LogP contribution in [-0.4, -0.2) is 41.2 Å². The molecule has 0 saturated carbocycles. The number of para-hydroxylation sites is 1. The molecule has 0 radical (unpaired) electrons. The maximum atomic E-state index is 13.2. The van der Waals surface area contributed by atoms with Gasteiger partial charge in [0.25, 0.3) is 0 Å². The summed E-state index contributed by atoms with van der Waals surface area (Å²) in [5, 5.41) is 2.82. The average molecular weight is 376 g/mol. The first kappa shape index (κ1) is 16.9. The number of aromatic nitrogens is 2. The van der Waals surface area contributed by atoms with E-state index in [0.717, 1.165) is 25.9 Å².